The highest BCUT2D eigenvalue weighted by Crippen LogP contribution is 2.63. The van der Waals surface area contributed by atoms with Gasteiger partial charge in [-0.25, -0.2) is 0 Å². The Morgan fingerprint density at radius 2 is 1.69 bits per heavy atom. The molecule has 150 valence electrons. The quantitative estimate of drug-likeness (QED) is 0.391. The van der Waals surface area contributed by atoms with Crippen molar-refractivity contribution in [3.8, 4) is 0 Å². The zero-order valence-electron chi connectivity index (χ0n) is 16.8. The fourth-order valence-corrected chi connectivity index (χ4v) is 7.42. The molecule has 6 aliphatic rings. The average molecular weight is 492 g/mol. The highest BCUT2D eigenvalue weighted by atomic mass is 79.9. The number of hydrogen-bond acceptors (Lipinski definition) is 2. The molecule has 6 aliphatic carbocycles. The van der Waals surface area contributed by atoms with Crippen molar-refractivity contribution in [3.05, 3.63) is 11.6 Å². The van der Waals surface area contributed by atoms with Crippen LogP contribution in [0.4, 0.5) is 0 Å². The first-order chi connectivity index (χ1) is 12.1. The molecule has 0 aromatic carbocycles. The number of alkyl halides is 2. The molecule has 0 spiro atoms. The molecular weight excluding hydrogens is 456 g/mol. The van der Waals surface area contributed by atoms with Crippen LogP contribution in [0.3, 0.4) is 0 Å². The van der Waals surface area contributed by atoms with Gasteiger partial charge in [0.2, 0.25) is 0 Å². The Morgan fingerprint density at radius 3 is 2.19 bits per heavy atom. The molecule has 0 aromatic rings. The van der Waals surface area contributed by atoms with Gasteiger partial charge in [0.15, 0.2) is 0 Å². The number of fused-ring (bicyclic) bond motifs is 3. The van der Waals surface area contributed by atoms with E-state index in [1.54, 1.807) is 5.57 Å². The molecule has 6 rings (SSSR count). The van der Waals surface area contributed by atoms with Crippen molar-refractivity contribution in [2.75, 3.05) is 10.7 Å². The number of aliphatic hydroxyl groups is 2. The summed E-state index contributed by atoms with van der Waals surface area (Å²) in [5.41, 5.74) is 1.71. The van der Waals surface area contributed by atoms with Crippen LogP contribution in [0, 0.1) is 34.5 Å². The number of hydrogen-bond donors (Lipinski definition) is 2. The van der Waals surface area contributed by atoms with Crippen molar-refractivity contribution >= 4 is 31.9 Å². The Labute approximate surface area is 176 Å². The van der Waals surface area contributed by atoms with Crippen LogP contribution in [0.1, 0.15) is 66.2 Å². The van der Waals surface area contributed by atoms with Crippen LogP contribution in [0.15, 0.2) is 11.6 Å². The number of rotatable bonds is 4. The van der Waals surface area contributed by atoms with Gasteiger partial charge in [-0.1, -0.05) is 71.2 Å². The third-order valence-electron chi connectivity index (χ3n) is 8.62. The van der Waals surface area contributed by atoms with E-state index in [1.807, 2.05) is 0 Å². The first kappa shape index (κ1) is 21.3. The maximum absolute atomic E-state index is 10.5. The van der Waals surface area contributed by atoms with E-state index in [9.17, 15) is 10.2 Å². The van der Waals surface area contributed by atoms with E-state index in [-0.39, 0.29) is 11.3 Å². The lowest BCUT2D eigenvalue weighted by Crippen LogP contribution is -2.67. The predicted molar refractivity (Wildman–Crippen MR) is 116 cm³/mol. The van der Waals surface area contributed by atoms with Gasteiger partial charge in [0.1, 0.15) is 0 Å². The van der Waals surface area contributed by atoms with Crippen LogP contribution in [0.25, 0.3) is 0 Å². The second-order valence-electron chi connectivity index (χ2n) is 10.2. The molecule has 0 saturated heterocycles. The highest BCUT2D eigenvalue weighted by Gasteiger charge is 2.64. The molecule has 0 aromatic heterocycles. The summed E-state index contributed by atoms with van der Waals surface area (Å²) < 4.78 is 0. The molecule has 4 saturated carbocycles. The molecule has 0 aliphatic heterocycles. The summed E-state index contributed by atoms with van der Waals surface area (Å²) in [6.07, 6.45) is 8.57. The van der Waals surface area contributed by atoms with E-state index >= 15 is 0 Å². The van der Waals surface area contributed by atoms with Gasteiger partial charge in [0, 0.05) is 10.7 Å². The molecule has 4 fully saturated rings. The molecule has 5 unspecified atom stereocenters. The minimum Gasteiger partial charge on any atom is -0.390 e. The van der Waals surface area contributed by atoms with E-state index in [4.69, 9.17) is 0 Å². The number of allylic oxidation sites excluding steroid dienone is 2. The zero-order valence-corrected chi connectivity index (χ0v) is 19.9. The van der Waals surface area contributed by atoms with Crippen molar-refractivity contribution in [1.82, 2.24) is 0 Å². The van der Waals surface area contributed by atoms with Crippen LogP contribution < -0.4 is 0 Å². The van der Waals surface area contributed by atoms with E-state index in [0.717, 1.165) is 35.3 Å². The summed E-state index contributed by atoms with van der Waals surface area (Å²) in [6, 6.07) is 0. The largest absolute Gasteiger partial charge is 0.390 e. The normalized spacial score (nSPS) is 44.0. The average Bonchev–Trinajstić information content (AvgIpc) is 2.58. The van der Waals surface area contributed by atoms with Crippen molar-refractivity contribution in [2.45, 2.75) is 77.9 Å². The van der Waals surface area contributed by atoms with E-state index in [2.05, 4.69) is 65.6 Å². The van der Waals surface area contributed by atoms with Crippen LogP contribution in [0.5, 0.6) is 0 Å². The van der Waals surface area contributed by atoms with Gasteiger partial charge in [-0.15, -0.1) is 0 Å². The van der Waals surface area contributed by atoms with Gasteiger partial charge < -0.3 is 10.2 Å². The van der Waals surface area contributed by atoms with Gasteiger partial charge in [-0.05, 0) is 73.0 Å². The smallest absolute Gasteiger partial charge is 0.0946 e. The minimum absolute atomic E-state index is 0.218. The first-order valence-corrected chi connectivity index (χ1v) is 12.5. The zero-order chi connectivity index (χ0) is 19.3. The molecule has 26 heavy (non-hydrogen) atoms. The van der Waals surface area contributed by atoms with E-state index in [1.165, 1.54) is 19.3 Å². The molecule has 0 heterocycles. The summed E-state index contributed by atoms with van der Waals surface area (Å²) in [4.78, 5) is 0. The molecule has 2 N–H and O–H groups in total. The maximum Gasteiger partial charge on any atom is 0.0946 e. The fraction of sp³-hybridized carbons (Fsp3) is 0.909. The minimum atomic E-state index is -0.845. The van der Waals surface area contributed by atoms with Crippen molar-refractivity contribution in [2.24, 2.45) is 34.5 Å². The molecular formula is C22H36Br2O2. The molecule has 0 radical (unpaired) electrons. The topological polar surface area (TPSA) is 40.5 Å². The summed E-state index contributed by atoms with van der Waals surface area (Å²) in [7, 11) is 0. The molecule has 0 amide bonds. The highest BCUT2D eigenvalue weighted by molar-refractivity contribution is 9.09. The second-order valence-corrected chi connectivity index (χ2v) is 11.8. The van der Waals surface area contributed by atoms with Gasteiger partial charge in [0.25, 0.3) is 0 Å². The van der Waals surface area contributed by atoms with Crippen LogP contribution in [0.2, 0.25) is 0 Å². The summed E-state index contributed by atoms with van der Waals surface area (Å²) in [5.74, 6) is 2.79. The Kier molecular flexibility index (Phi) is 6.12. The summed E-state index contributed by atoms with van der Waals surface area (Å²) in [5, 5.41) is 22.3. The standard InChI is InChI=1S/C11H19BrO2.C11H17Br/c1-10(2)7-5-8(10)11(14,3-4-12)9(13)6-7;1-11(2)9-4-3-8(5-6-12)10(11)7-9/h7-9,13-14H,3-6H2,1-2H3;3,9-10H,4-7H2,1-2H3/t7?,8?,9?,11-;/m1./s1. The van der Waals surface area contributed by atoms with Crippen molar-refractivity contribution in [3.63, 3.8) is 0 Å². The van der Waals surface area contributed by atoms with Gasteiger partial charge >= 0.3 is 0 Å². The van der Waals surface area contributed by atoms with Crippen molar-refractivity contribution in [1.29, 1.82) is 0 Å². The van der Waals surface area contributed by atoms with Gasteiger partial charge in [-0.3, -0.25) is 0 Å². The lowest BCUT2D eigenvalue weighted by atomic mass is 9.43. The third-order valence-corrected chi connectivity index (χ3v) is 9.41. The predicted octanol–water partition coefficient (Wildman–Crippen LogP) is 5.69. The lowest BCUT2D eigenvalue weighted by Gasteiger charge is -2.65. The SMILES string of the molecule is CC1(C)C2CC(O)[C@@](O)(CCBr)C1C2.CC1(C)C2CC=C(CCBr)C1C2. The van der Waals surface area contributed by atoms with Crippen LogP contribution in [-0.2, 0) is 0 Å². The second kappa shape index (κ2) is 7.46. The van der Waals surface area contributed by atoms with Crippen LogP contribution in [-0.4, -0.2) is 32.6 Å². The Hall–Kier alpha value is 0.620. The molecule has 6 atom stereocenters. The third kappa shape index (κ3) is 3.29. The van der Waals surface area contributed by atoms with Gasteiger partial charge in [-0.2, -0.15) is 0 Å². The van der Waals surface area contributed by atoms with E-state index < -0.39 is 11.7 Å². The number of halogens is 2. The molecule has 2 nitrogen and oxygen atoms in total. The molecule has 4 bridgehead atoms. The van der Waals surface area contributed by atoms with Gasteiger partial charge in [0.05, 0.1) is 11.7 Å². The Morgan fingerprint density at radius 1 is 1.00 bits per heavy atom. The lowest BCUT2D eigenvalue weighted by molar-refractivity contribution is -0.253. The van der Waals surface area contributed by atoms with E-state index in [0.29, 0.717) is 17.8 Å². The summed E-state index contributed by atoms with van der Waals surface area (Å²) >= 11 is 6.89. The number of aliphatic hydroxyl groups excluding tert-OH is 1. The maximum atomic E-state index is 10.5. The monoisotopic (exact) mass is 490 g/mol. The Bertz CT molecular complexity index is 556. The summed E-state index contributed by atoms with van der Waals surface area (Å²) in [6.45, 7) is 9.31. The molecule has 4 heteroatoms. The first-order valence-electron chi connectivity index (χ1n) is 10.3. The Balaban J connectivity index is 0.000000152. The fourth-order valence-electron chi connectivity index (χ4n) is 6.33. The van der Waals surface area contributed by atoms with Crippen LogP contribution >= 0.6 is 31.9 Å². The van der Waals surface area contributed by atoms with Crippen molar-refractivity contribution < 1.29 is 10.2 Å².